The van der Waals surface area contributed by atoms with Crippen molar-refractivity contribution in [2.75, 3.05) is 19.6 Å². The van der Waals surface area contributed by atoms with Crippen molar-refractivity contribution in [2.45, 2.75) is 62.9 Å². The molecule has 186 valence electrons. The number of nitrogens with zero attached hydrogens (tertiary/aromatic N) is 3. The number of pyridine rings is 1. The zero-order valence-electron chi connectivity index (χ0n) is 20.9. The molecule has 2 heterocycles. The van der Waals surface area contributed by atoms with Crippen molar-refractivity contribution in [3.63, 3.8) is 0 Å². The maximum absolute atomic E-state index is 13.8. The number of aromatic nitrogens is 3. The first-order valence-electron chi connectivity index (χ1n) is 12.7. The van der Waals surface area contributed by atoms with Crippen LogP contribution in [0.1, 0.15) is 48.9 Å². The smallest absolute Gasteiger partial charge is 0.219 e. The van der Waals surface area contributed by atoms with Crippen LogP contribution in [0.5, 0.6) is 11.5 Å². The van der Waals surface area contributed by atoms with E-state index in [9.17, 15) is 4.21 Å². The van der Waals surface area contributed by atoms with E-state index in [2.05, 4.69) is 10.4 Å². The number of ether oxygens (including phenoxy) is 2. The lowest BCUT2D eigenvalue weighted by Gasteiger charge is -2.54. The van der Waals surface area contributed by atoms with Crippen LogP contribution in [0.25, 0.3) is 11.0 Å². The highest BCUT2D eigenvalue weighted by Crippen LogP contribution is 2.54. The number of hydrogen-bond acceptors (Lipinski definition) is 6. The van der Waals surface area contributed by atoms with Crippen LogP contribution in [-0.4, -0.2) is 39.1 Å². The van der Waals surface area contributed by atoms with Gasteiger partial charge < -0.3 is 14.9 Å². The van der Waals surface area contributed by atoms with Gasteiger partial charge in [-0.25, -0.2) is 9.66 Å². The Hall–Kier alpha value is -2.61. The fourth-order valence-electron chi connectivity index (χ4n) is 7.13. The largest absolute Gasteiger partial charge is 0.497 e. The lowest BCUT2D eigenvalue weighted by molar-refractivity contribution is 0.00325. The van der Waals surface area contributed by atoms with Crippen LogP contribution in [-0.2, 0) is 16.6 Å². The molecule has 0 unspecified atom stereocenters. The van der Waals surface area contributed by atoms with Crippen molar-refractivity contribution in [2.24, 2.45) is 23.7 Å². The number of fused-ring (bicyclic) bond motifs is 1. The summed E-state index contributed by atoms with van der Waals surface area (Å²) < 4.78 is 26.8. The number of benzene rings is 1. The minimum Gasteiger partial charge on any atom is -0.497 e. The molecule has 8 heteroatoms. The highest BCUT2D eigenvalue weighted by molar-refractivity contribution is 7.84. The molecule has 4 aliphatic rings. The van der Waals surface area contributed by atoms with Gasteiger partial charge in [0.05, 0.1) is 47.5 Å². The summed E-state index contributed by atoms with van der Waals surface area (Å²) in [6.07, 6.45) is 8.48. The van der Waals surface area contributed by atoms with E-state index in [0.717, 1.165) is 51.2 Å². The van der Waals surface area contributed by atoms with E-state index in [0.29, 0.717) is 23.0 Å². The van der Waals surface area contributed by atoms with Gasteiger partial charge >= 0.3 is 0 Å². The molecule has 1 N–H and O–H groups in total. The van der Waals surface area contributed by atoms with E-state index < -0.39 is 10.8 Å². The lowest BCUT2D eigenvalue weighted by Crippen LogP contribution is -2.53. The van der Waals surface area contributed by atoms with Gasteiger partial charge in [0.25, 0.3) is 0 Å². The van der Waals surface area contributed by atoms with Crippen LogP contribution in [0.2, 0.25) is 0 Å². The van der Waals surface area contributed by atoms with Gasteiger partial charge in [-0.15, -0.1) is 0 Å². The fraction of sp³-hybridized carbons (Fsp3) is 0.556. The third-order valence-electron chi connectivity index (χ3n) is 8.56. The molecule has 4 fully saturated rings. The Balaban J connectivity index is 1.37. The number of rotatable bonds is 7. The Bertz CT molecular complexity index is 1280. The van der Waals surface area contributed by atoms with E-state index in [1.807, 2.05) is 36.7 Å². The lowest BCUT2D eigenvalue weighted by atomic mass is 9.54. The molecule has 2 aromatic heterocycles. The van der Waals surface area contributed by atoms with Crippen LogP contribution in [0.15, 0.2) is 29.6 Å². The van der Waals surface area contributed by atoms with Crippen LogP contribution in [0, 0.1) is 37.5 Å². The first kappa shape index (κ1) is 22.8. The van der Waals surface area contributed by atoms with E-state index in [-0.39, 0.29) is 5.75 Å². The van der Waals surface area contributed by atoms with Crippen molar-refractivity contribution in [3.05, 3.63) is 41.2 Å². The highest BCUT2D eigenvalue weighted by Gasteiger charge is 2.48. The Morgan fingerprint density at radius 2 is 1.77 bits per heavy atom. The van der Waals surface area contributed by atoms with E-state index in [4.69, 9.17) is 14.5 Å². The van der Waals surface area contributed by atoms with Crippen LogP contribution < -0.4 is 14.9 Å². The zero-order valence-corrected chi connectivity index (χ0v) is 21.7. The molecule has 7 nitrogen and oxygen atoms in total. The first-order chi connectivity index (χ1) is 16.9. The Morgan fingerprint density at radius 3 is 2.43 bits per heavy atom. The maximum Gasteiger partial charge on any atom is 0.219 e. The molecular formula is C27H34N4O3S. The summed E-state index contributed by atoms with van der Waals surface area (Å²) in [5.74, 6) is 5.01. The van der Waals surface area contributed by atoms with Crippen molar-refractivity contribution in [3.8, 4) is 11.5 Å². The molecule has 4 bridgehead atoms. The van der Waals surface area contributed by atoms with Crippen molar-refractivity contribution in [1.29, 1.82) is 0 Å². The predicted molar refractivity (Wildman–Crippen MR) is 137 cm³/mol. The van der Waals surface area contributed by atoms with Crippen molar-refractivity contribution in [1.82, 2.24) is 14.6 Å². The first-order valence-corrected chi connectivity index (χ1v) is 14.0. The Morgan fingerprint density at radius 1 is 1.06 bits per heavy atom. The molecule has 4 aliphatic carbocycles. The summed E-state index contributed by atoms with van der Waals surface area (Å²) in [4.78, 5) is 9.44. The molecule has 3 aromatic rings. The predicted octanol–water partition coefficient (Wildman–Crippen LogP) is 4.74. The maximum atomic E-state index is 13.8. The third-order valence-corrected chi connectivity index (χ3v) is 9.77. The SMILES string of the molecule is COc1ccc2c(c1)nc([S@@](=O)Cc1ncc(C)c(OC)c1C)n2NC1C2CC3CC(C2)CC1C3. The van der Waals surface area contributed by atoms with Crippen molar-refractivity contribution < 1.29 is 13.7 Å². The normalized spacial score (nSPS) is 27.8. The molecule has 0 aliphatic heterocycles. The quantitative estimate of drug-likeness (QED) is 0.511. The molecule has 1 atom stereocenters. The zero-order chi connectivity index (χ0) is 24.3. The standard InChI is InChI=1S/C27H34N4O3S/c1-15-13-28-23(16(2)26(15)34-4)14-35(32)27-29-22-12-21(33-3)5-6-24(22)31(27)30-25-19-8-17-7-18(10-19)11-20(25)9-17/h5-6,12-13,17-20,25,30H,7-11,14H2,1-4H3/t17?,18?,19?,20?,25?,35-/m0/s1. The molecule has 4 saturated carbocycles. The van der Waals surface area contributed by atoms with Gasteiger partial charge in [0, 0.05) is 29.4 Å². The van der Waals surface area contributed by atoms with E-state index in [1.165, 1.54) is 32.1 Å². The van der Waals surface area contributed by atoms with Gasteiger partial charge in [-0.1, -0.05) is 0 Å². The fourth-order valence-corrected chi connectivity index (χ4v) is 8.36. The number of nitrogens with one attached hydrogen (secondary N) is 1. The number of aryl methyl sites for hydroxylation is 1. The minimum atomic E-state index is -1.39. The van der Waals surface area contributed by atoms with Crippen molar-refractivity contribution >= 4 is 21.8 Å². The summed E-state index contributed by atoms with van der Waals surface area (Å²) in [7, 11) is 1.93. The summed E-state index contributed by atoms with van der Waals surface area (Å²) in [6.45, 7) is 3.95. The number of methoxy groups -OCH3 is 2. The average molecular weight is 495 g/mol. The monoisotopic (exact) mass is 494 g/mol. The second kappa shape index (κ2) is 8.80. The molecule has 35 heavy (non-hydrogen) atoms. The molecule has 0 radical (unpaired) electrons. The topological polar surface area (TPSA) is 78.3 Å². The van der Waals surface area contributed by atoms with Gasteiger partial charge in [-0.3, -0.25) is 9.19 Å². The summed E-state index contributed by atoms with van der Waals surface area (Å²) in [5.41, 5.74) is 8.25. The molecule has 0 saturated heterocycles. The number of hydrogen-bond donors (Lipinski definition) is 1. The van der Waals surface area contributed by atoms with Gasteiger partial charge in [0.1, 0.15) is 11.5 Å². The van der Waals surface area contributed by atoms with Crippen LogP contribution >= 0.6 is 0 Å². The molecular weight excluding hydrogens is 460 g/mol. The van der Waals surface area contributed by atoms with E-state index >= 15 is 0 Å². The molecule has 1 aromatic carbocycles. The molecule has 0 amide bonds. The Kier molecular flexibility index (Phi) is 5.74. The summed E-state index contributed by atoms with van der Waals surface area (Å²) in [5, 5.41) is 0.544. The van der Waals surface area contributed by atoms with Crippen LogP contribution in [0.3, 0.4) is 0 Å². The second-order valence-corrected chi connectivity index (χ2v) is 12.1. The van der Waals surface area contributed by atoms with Crippen LogP contribution in [0.4, 0.5) is 0 Å². The second-order valence-electron chi connectivity index (χ2n) is 10.7. The summed E-state index contributed by atoms with van der Waals surface area (Å²) in [6, 6.07) is 6.28. The Labute approximate surface area is 209 Å². The molecule has 7 rings (SSSR count). The van der Waals surface area contributed by atoms with Gasteiger partial charge in [-0.05, 0) is 81.8 Å². The highest BCUT2D eigenvalue weighted by atomic mass is 32.2. The molecule has 0 spiro atoms. The van der Waals surface area contributed by atoms with E-state index in [1.54, 1.807) is 20.4 Å². The summed E-state index contributed by atoms with van der Waals surface area (Å²) >= 11 is 0. The minimum absolute atomic E-state index is 0.284. The van der Waals surface area contributed by atoms with Gasteiger partial charge in [0.2, 0.25) is 5.16 Å². The van der Waals surface area contributed by atoms with Gasteiger partial charge in [-0.2, -0.15) is 0 Å². The third kappa shape index (κ3) is 3.90. The van der Waals surface area contributed by atoms with Gasteiger partial charge in [0.15, 0.2) is 0 Å². The number of imidazole rings is 1. The average Bonchev–Trinajstić information content (AvgIpc) is 3.20.